The third-order valence-corrected chi connectivity index (χ3v) is 4.06. The Labute approximate surface area is 115 Å². The van der Waals surface area contributed by atoms with Crippen molar-refractivity contribution in [1.82, 2.24) is 5.32 Å². The van der Waals surface area contributed by atoms with Gasteiger partial charge in [0.05, 0.1) is 0 Å². The molecule has 1 saturated carbocycles. The monoisotopic (exact) mass is 261 g/mol. The number of nitrogens with one attached hydrogen (secondary N) is 1. The SMILES string of the molecule is CCc1ccc(C(=O)NC2CCC(CO)CC2)cc1. The minimum Gasteiger partial charge on any atom is -0.396 e. The van der Waals surface area contributed by atoms with Crippen molar-refractivity contribution in [3.8, 4) is 0 Å². The molecule has 2 rings (SSSR count). The van der Waals surface area contributed by atoms with Gasteiger partial charge >= 0.3 is 0 Å². The first-order valence-corrected chi connectivity index (χ1v) is 7.23. The number of benzene rings is 1. The van der Waals surface area contributed by atoms with Crippen LogP contribution in [-0.2, 0) is 6.42 Å². The molecule has 19 heavy (non-hydrogen) atoms. The molecule has 2 N–H and O–H groups in total. The molecule has 0 heterocycles. The lowest BCUT2D eigenvalue weighted by Gasteiger charge is -2.27. The van der Waals surface area contributed by atoms with Gasteiger partial charge in [-0.05, 0) is 55.7 Å². The van der Waals surface area contributed by atoms with Crippen molar-refractivity contribution in [2.75, 3.05) is 6.61 Å². The van der Waals surface area contributed by atoms with E-state index in [1.54, 1.807) is 0 Å². The van der Waals surface area contributed by atoms with Crippen LogP contribution in [0.25, 0.3) is 0 Å². The Hall–Kier alpha value is -1.35. The summed E-state index contributed by atoms with van der Waals surface area (Å²) in [6.07, 6.45) is 4.97. The molecule has 3 nitrogen and oxygen atoms in total. The van der Waals surface area contributed by atoms with Gasteiger partial charge in [0.15, 0.2) is 0 Å². The Kier molecular flexibility index (Phi) is 4.97. The Bertz CT molecular complexity index is 405. The predicted molar refractivity (Wildman–Crippen MR) is 76.1 cm³/mol. The fourth-order valence-corrected chi connectivity index (χ4v) is 2.65. The van der Waals surface area contributed by atoms with Crippen LogP contribution in [-0.4, -0.2) is 23.7 Å². The van der Waals surface area contributed by atoms with E-state index in [0.717, 1.165) is 37.7 Å². The first kappa shape index (κ1) is 14.1. The fraction of sp³-hybridized carbons (Fsp3) is 0.562. The van der Waals surface area contributed by atoms with Gasteiger partial charge < -0.3 is 10.4 Å². The van der Waals surface area contributed by atoms with Crippen LogP contribution in [0.1, 0.15) is 48.5 Å². The van der Waals surface area contributed by atoms with Crippen LogP contribution in [0, 0.1) is 5.92 Å². The van der Waals surface area contributed by atoms with Crippen molar-refractivity contribution in [2.45, 2.75) is 45.1 Å². The van der Waals surface area contributed by atoms with Crippen LogP contribution in [0.5, 0.6) is 0 Å². The summed E-state index contributed by atoms with van der Waals surface area (Å²) in [5, 5.41) is 12.2. The van der Waals surface area contributed by atoms with Crippen molar-refractivity contribution < 1.29 is 9.90 Å². The molecule has 0 radical (unpaired) electrons. The molecule has 0 bridgehead atoms. The quantitative estimate of drug-likeness (QED) is 0.875. The Morgan fingerprint density at radius 3 is 2.37 bits per heavy atom. The number of hydrogen-bond acceptors (Lipinski definition) is 2. The number of aryl methyl sites for hydroxylation is 1. The second-order valence-electron chi connectivity index (χ2n) is 5.42. The lowest BCUT2D eigenvalue weighted by molar-refractivity contribution is 0.0914. The molecule has 1 aliphatic carbocycles. The number of rotatable bonds is 4. The average Bonchev–Trinajstić information content (AvgIpc) is 2.48. The lowest BCUT2D eigenvalue weighted by atomic mass is 9.86. The standard InChI is InChI=1S/C16H23NO2/c1-2-12-3-7-14(8-4-12)16(19)17-15-9-5-13(11-18)6-10-15/h3-4,7-8,13,15,18H,2,5-6,9-11H2,1H3,(H,17,19). The molecule has 1 aliphatic rings. The zero-order valence-electron chi connectivity index (χ0n) is 11.6. The molecule has 1 amide bonds. The normalized spacial score (nSPS) is 23.1. The van der Waals surface area contributed by atoms with E-state index in [1.165, 1.54) is 5.56 Å². The highest BCUT2D eigenvalue weighted by Gasteiger charge is 2.22. The molecule has 104 valence electrons. The van der Waals surface area contributed by atoms with Crippen molar-refractivity contribution in [1.29, 1.82) is 0 Å². The minimum atomic E-state index is 0.0232. The molecule has 0 aromatic heterocycles. The number of hydrogen-bond donors (Lipinski definition) is 2. The van der Waals surface area contributed by atoms with Crippen LogP contribution >= 0.6 is 0 Å². The first-order chi connectivity index (χ1) is 9.22. The first-order valence-electron chi connectivity index (χ1n) is 7.23. The third kappa shape index (κ3) is 3.80. The van der Waals surface area contributed by atoms with E-state index in [1.807, 2.05) is 24.3 Å². The van der Waals surface area contributed by atoms with Gasteiger partial charge in [0.25, 0.3) is 5.91 Å². The van der Waals surface area contributed by atoms with Gasteiger partial charge in [0.2, 0.25) is 0 Å². The average molecular weight is 261 g/mol. The Morgan fingerprint density at radius 1 is 1.21 bits per heavy atom. The summed E-state index contributed by atoms with van der Waals surface area (Å²) in [5.41, 5.74) is 1.99. The molecule has 0 atom stereocenters. The molecular weight excluding hydrogens is 238 g/mol. The van der Waals surface area contributed by atoms with Crippen LogP contribution in [0.4, 0.5) is 0 Å². The van der Waals surface area contributed by atoms with Gasteiger partial charge in [-0.15, -0.1) is 0 Å². The van der Waals surface area contributed by atoms with Crippen LogP contribution in [0.2, 0.25) is 0 Å². The Balaban J connectivity index is 1.87. The fourth-order valence-electron chi connectivity index (χ4n) is 2.65. The Morgan fingerprint density at radius 2 is 1.84 bits per heavy atom. The summed E-state index contributed by atoms with van der Waals surface area (Å²) in [6, 6.07) is 8.08. The zero-order chi connectivity index (χ0) is 13.7. The van der Waals surface area contributed by atoms with Crippen molar-refractivity contribution in [2.24, 2.45) is 5.92 Å². The molecular formula is C16H23NO2. The summed E-state index contributed by atoms with van der Waals surface area (Å²) < 4.78 is 0. The van der Waals surface area contributed by atoms with Gasteiger partial charge in [0.1, 0.15) is 0 Å². The summed E-state index contributed by atoms with van der Waals surface area (Å²) in [4.78, 5) is 12.1. The minimum absolute atomic E-state index is 0.0232. The molecule has 0 unspecified atom stereocenters. The van der Waals surface area contributed by atoms with E-state index >= 15 is 0 Å². The van der Waals surface area contributed by atoms with Crippen LogP contribution in [0.3, 0.4) is 0 Å². The van der Waals surface area contributed by atoms with E-state index in [9.17, 15) is 4.79 Å². The predicted octanol–water partition coefficient (Wildman–Crippen LogP) is 2.53. The van der Waals surface area contributed by atoms with E-state index in [-0.39, 0.29) is 18.6 Å². The number of amides is 1. The van der Waals surface area contributed by atoms with Gasteiger partial charge in [0, 0.05) is 18.2 Å². The number of aliphatic hydroxyl groups is 1. The summed E-state index contributed by atoms with van der Waals surface area (Å²) in [7, 11) is 0. The van der Waals surface area contributed by atoms with Crippen molar-refractivity contribution in [3.05, 3.63) is 35.4 Å². The molecule has 0 aliphatic heterocycles. The van der Waals surface area contributed by atoms with E-state index < -0.39 is 0 Å². The maximum absolute atomic E-state index is 12.1. The number of aliphatic hydroxyl groups excluding tert-OH is 1. The smallest absolute Gasteiger partial charge is 0.251 e. The zero-order valence-corrected chi connectivity index (χ0v) is 11.6. The maximum atomic E-state index is 12.1. The maximum Gasteiger partial charge on any atom is 0.251 e. The second kappa shape index (κ2) is 6.71. The summed E-state index contributed by atoms with van der Waals surface area (Å²) >= 11 is 0. The van der Waals surface area contributed by atoms with Gasteiger partial charge in [-0.2, -0.15) is 0 Å². The van der Waals surface area contributed by atoms with Gasteiger partial charge in [-0.3, -0.25) is 4.79 Å². The van der Waals surface area contributed by atoms with Gasteiger partial charge in [-0.1, -0.05) is 19.1 Å². The van der Waals surface area contributed by atoms with Crippen LogP contribution < -0.4 is 5.32 Å². The van der Waals surface area contributed by atoms with Crippen LogP contribution in [0.15, 0.2) is 24.3 Å². The number of carbonyl (C=O) groups is 1. The van der Waals surface area contributed by atoms with Crippen molar-refractivity contribution >= 4 is 5.91 Å². The van der Waals surface area contributed by atoms with E-state index in [4.69, 9.17) is 5.11 Å². The summed E-state index contributed by atoms with van der Waals surface area (Å²) in [5.74, 6) is 0.451. The molecule has 0 saturated heterocycles. The molecule has 1 fully saturated rings. The number of carbonyl (C=O) groups excluding carboxylic acids is 1. The highest BCUT2D eigenvalue weighted by Crippen LogP contribution is 2.23. The third-order valence-electron chi connectivity index (χ3n) is 4.06. The molecule has 3 heteroatoms. The van der Waals surface area contributed by atoms with E-state index in [0.29, 0.717) is 5.92 Å². The highest BCUT2D eigenvalue weighted by molar-refractivity contribution is 5.94. The van der Waals surface area contributed by atoms with Gasteiger partial charge in [-0.25, -0.2) is 0 Å². The van der Waals surface area contributed by atoms with Crippen molar-refractivity contribution in [3.63, 3.8) is 0 Å². The topological polar surface area (TPSA) is 49.3 Å². The second-order valence-corrected chi connectivity index (χ2v) is 5.42. The summed E-state index contributed by atoms with van der Waals surface area (Å²) in [6.45, 7) is 2.38. The molecule has 1 aromatic carbocycles. The highest BCUT2D eigenvalue weighted by atomic mass is 16.3. The molecule has 0 spiro atoms. The molecule has 1 aromatic rings. The lowest BCUT2D eigenvalue weighted by Crippen LogP contribution is -2.38. The van der Waals surface area contributed by atoms with E-state index in [2.05, 4.69) is 12.2 Å². The largest absolute Gasteiger partial charge is 0.396 e.